The van der Waals surface area contributed by atoms with Gasteiger partial charge in [0.05, 0.1) is 23.3 Å². The number of hydrogen-bond acceptors (Lipinski definition) is 8. The SMILES string of the molecule is COC1CN(c2ccc3c(c2)[Si]2(CCCCC2)c2cc(N4CC(OC)C4)ccc2C32OC(=O)c3ccc(C(=O)OC(C)(C)C)cc32)C1. The van der Waals surface area contributed by atoms with Crippen molar-refractivity contribution in [2.45, 2.75) is 75.5 Å². The molecule has 0 aromatic heterocycles. The Bertz CT molecular complexity index is 1690. The zero-order valence-electron chi connectivity index (χ0n) is 28.1. The van der Waals surface area contributed by atoms with E-state index in [0.717, 1.165) is 55.0 Å². The van der Waals surface area contributed by atoms with Crippen molar-refractivity contribution in [2.24, 2.45) is 0 Å². The average molecular weight is 653 g/mol. The second kappa shape index (κ2) is 10.9. The smallest absolute Gasteiger partial charge is 0.340 e. The van der Waals surface area contributed by atoms with Crippen LogP contribution in [-0.4, -0.2) is 78.2 Å². The van der Waals surface area contributed by atoms with Gasteiger partial charge in [0, 0.05) is 68.5 Å². The number of ether oxygens (including phenoxy) is 4. The molecule has 5 aliphatic rings. The minimum absolute atomic E-state index is 0.239. The number of carbonyl (C=O) groups is 2. The van der Waals surface area contributed by atoms with Crippen molar-refractivity contribution in [1.29, 1.82) is 0 Å². The Morgan fingerprint density at radius 2 is 1.34 bits per heavy atom. The van der Waals surface area contributed by atoms with Crippen molar-refractivity contribution >= 4 is 41.8 Å². The largest absolute Gasteiger partial charge is 0.456 e. The van der Waals surface area contributed by atoms with Crippen LogP contribution in [0.2, 0.25) is 12.1 Å². The van der Waals surface area contributed by atoms with Gasteiger partial charge in [0.2, 0.25) is 0 Å². The van der Waals surface area contributed by atoms with Crippen molar-refractivity contribution < 1.29 is 28.5 Å². The summed E-state index contributed by atoms with van der Waals surface area (Å²) in [6, 6.07) is 21.2. The van der Waals surface area contributed by atoms with E-state index in [9.17, 15) is 9.59 Å². The molecule has 0 N–H and O–H groups in total. The molecule has 8 rings (SSSR count). The van der Waals surface area contributed by atoms with E-state index in [1.54, 1.807) is 26.4 Å². The van der Waals surface area contributed by atoms with Crippen LogP contribution in [0, 0.1) is 0 Å². The third-order valence-corrected chi connectivity index (χ3v) is 16.4. The Balaban J connectivity index is 1.36. The van der Waals surface area contributed by atoms with Gasteiger partial charge in [0.15, 0.2) is 5.60 Å². The van der Waals surface area contributed by atoms with Crippen LogP contribution in [-0.2, 0) is 24.5 Å². The van der Waals surface area contributed by atoms with E-state index < -0.39 is 25.2 Å². The van der Waals surface area contributed by atoms with Crippen LogP contribution < -0.4 is 20.2 Å². The van der Waals surface area contributed by atoms with Gasteiger partial charge in [-0.25, -0.2) is 9.59 Å². The summed E-state index contributed by atoms with van der Waals surface area (Å²) < 4.78 is 23.7. The van der Waals surface area contributed by atoms with Crippen LogP contribution in [0.25, 0.3) is 0 Å². The fraction of sp³-hybridized carbons (Fsp3) is 0.474. The molecule has 0 radical (unpaired) electrons. The molecular formula is C38H44N2O6Si. The van der Waals surface area contributed by atoms with Gasteiger partial charge in [-0.15, -0.1) is 0 Å². The van der Waals surface area contributed by atoms with E-state index in [1.807, 2.05) is 26.8 Å². The highest BCUT2D eigenvalue weighted by atomic mass is 28.3. The standard InChI is InChI=1S/C38H44N2O6Si/c1-37(2,3)45-35(41)24-9-12-29-32(17-24)38(46-36(29)42)30-13-10-25(39-20-27(21-39)43-4)18-33(30)47(15-7-6-8-16-47)34-19-26(11-14-31(34)38)40-22-28(23-40)44-5/h9-14,17-19,27-28H,6-8,15-16,20-23H2,1-5H3. The van der Waals surface area contributed by atoms with Crippen LogP contribution in [0.15, 0.2) is 54.6 Å². The van der Waals surface area contributed by atoms with Crippen LogP contribution >= 0.6 is 0 Å². The van der Waals surface area contributed by atoms with Crippen molar-refractivity contribution in [1.82, 2.24) is 0 Å². The normalized spacial score (nSPS) is 21.1. The number of hydrogen-bond donors (Lipinski definition) is 0. The Morgan fingerprint density at radius 1 is 0.787 bits per heavy atom. The quantitative estimate of drug-likeness (QED) is 0.287. The summed E-state index contributed by atoms with van der Waals surface area (Å²) >= 11 is 0. The van der Waals surface area contributed by atoms with Crippen LogP contribution in [0.4, 0.5) is 11.4 Å². The second-order valence-corrected chi connectivity index (χ2v) is 19.2. The van der Waals surface area contributed by atoms with Gasteiger partial charge >= 0.3 is 11.9 Å². The van der Waals surface area contributed by atoms with E-state index in [-0.39, 0.29) is 18.2 Å². The third-order valence-electron chi connectivity index (χ3n) is 11.1. The number of nitrogens with zero attached hydrogens (tertiary/aromatic N) is 2. The molecule has 47 heavy (non-hydrogen) atoms. The number of carbonyl (C=O) groups excluding carboxylic acids is 2. The molecule has 3 aromatic rings. The fourth-order valence-corrected chi connectivity index (χ4v) is 14.3. The first-order chi connectivity index (χ1) is 22.6. The number of benzene rings is 3. The summed E-state index contributed by atoms with van der Waals surface area (Å²) in [6.07, 6.45) is 4.10. The number of anilines is 2. The molecule has 2 spiro atoms. The zero-order chi connectivity index (χ0) is 32.7. The van der Waals surface area contributed by atoms with Gasteiger partial charge in [-0.1, -0.05) is 31.4 Å². The summed E-state index contributed by atoms with van der Waals surface area (Å²) in [5, 5.41) is 2.73. The molecule has 0 atom stereocenters. The monoisotopic (exact) mass is 652 g/mol. The molecule has 5 aliphatic heterocycles. The van der Waals surface area contributed by atoms with E-state index in [4.69, 9.17) is 18.9 Å². The van der Waals surface area contributed by atoms with Crippen molar-refractivity contribution in [3.63, 3.8) is 0 Å². The molecule has 0 aliphatic carbocycles. The summed E-state index contributed by atoms with van der Waals surface area (Å²) in [5.41, 5.74) is 4.33. The van der Waals surface area contributed by atoms with Gasteiger partial charge in [-0.2, -0.15) is 0 Å². The number of esters is 2. The summed E-state index contributed by atoms with van der Waals surface area (Å²) in [5.74, 6) is -0.774. The number of fused-ring (bicyclic) bond motifs is 8. The molecule has 3 fully saturated rings. The van der Waals surface area contributed by atoms with Gasteiger partial charge in [0.1, 0.15) is 13.7 Å². The lowest BCUT2D eigenvalue weighted by Crippen LogP contribution is -2.67. The summed E-state index contributed by atoms with van der Waals surface area (Å²) in [6.45, 7) is 9.05. The first-order valence-electron chi connectivity index (χ1n) is 17.0. The molecule has 0 saturated carbocycles. The lowest BCUT2D eigenvalue weighted by atomic mass is 9.78. The molecule has 0 amide bonds. The maximum atomic E-state index is 13.9. The molecule has 0 bridgehead atoms. The highest BCUT2D eigenvalue weighted by Gasteiger charge is 2.59. The van der Waals surface area contributed by atoms with E-state index in [1.165, 1.54) is 41.0 Å². The third kappa shape index (κ3) is 4.68. The molecular weight excluding hydrogens is 609 g/mol. The van der Waals surface area contributed by atoms with Crippen molar-refractivity contribution in [3.05, 3.63) is 82.4 Å². The van der Waals surface area contributed by atoms with E-state index in [2.05, 4.69) is 46.2 Å². The summed E-state index contributed by atoms with van der Waals surface area (Å²) in [4.78, 5) is 32.0. The molecule has 246 valence electrons. The Morgan fingerprint density at radius 3 is 1.85 bits per heavy atom. The van der Waals surface area contributed by atoms with Gasteiger partial charge in [-0.3, -0.25) is 0 Å². The highest BCUT2D eigenvalue weighted by Crippen LogP contribution is 2.51. The Hall–Kier alpha value is -3.66. The fourth-order valence-electron chi connectivity index (χ4n) is 8.57. The van der Waals surface area contributed by atoms with E-state index >= 15 is 0 Å². The second-order valence-electron chi connectivity index (χ2n) is 15.0. The predicted octanol–water partition coefficient (Wildman–Crippen LogP) is 4.83. The Labute approximate surface area is 277 Å². The van der Waals surface area contributed by atoms with Crippen LogP contribution in [0.5, 0.6) is 0 Å². The topological polar surface area (TPSA) is 77.5 Å². The number of rotatable bonds is 5. The maximum absolute atomic E-state index is 13.9. The minimum atomic E-state index is -2.30. The maximum Gasteiger partial charge on any atom is 0.340 e. The van der Waals surface area contributed by atoms with Gasteiger partial charge < -0.3 is 28.7 Å². The number of methoxy groups -OCH3 is 2. The molecule has 3 saturated heterocycles. The van der Waals surface area contributed by atoms with Gasteiger partial charge in [0.25, 0.3) is 0 Å². The zero-order valence-corrected chi connectivity index (χ0v) is 29.1. The van der Waals surface area contributed by atoms with Crippen LogP contribution in [0.1, 0.15) is 77.4 Å². The molecule has 3 aromatic carbocycles. The molecule has 5 heterocycles. The summed E-state index contributed by atoms with van der Waals surface area (Å²) in [7, 11) is 1.26. The molecule has 9 heteroatoms. The molecule has 8 nitrogen and oxygen atoms in total. The van der Waals surface area contributed by atoms with Crippen molar-refractivity contribution in [2.75, 3.05) is 50.2 Å². The average Bonchev–Trinajstić information content (AvgIpc) is 3.31. The Kier molecular flexibility index (Phi) is 7.13. The first-order valence-corrected chi connectivity index (χ1v) is 19.4. The first kappa shape index (κ1) is 30.7. The lowest BCUT2D eigenvalue weighted by molar-refractivity contribution is 0.00691. The molecule has 0 unspecified atom stereocenters. The van der Waals surface area contributed by atoms with E-state index in [0.29, 0.717) is 11.1 Å². The minimum Gasteiger partial charge on any atom is -0.456 e. The van der Waals surface area contributed by atoms with Crippen LogP contribution in [0.3, 0.4) is 0 Å². The van der Waals surface area contributed by atoms with Crippen molar-refractivity contribution in [3.8, 4) is 0 Å². The lowest BCUT2D eigenvalue weighted by Gasteiger charge is -2.49. The van der Waals surface area contributed by atoms with Gasteiger partial charge in [-0.05, 0) is 85.7 Å². The highest BCUT2D eigenvalue weighted by molar-refractivity contribution is 7.03. The predicted molar refractivity (Wildman–Crippen MR) is 184 cm³/mol.